The van der Waals surface area contributed by atoms with Crippen molar-refractivity contribution in [2.24, 2.45) is 0 Å². The molecule has 0 spiro atoms. The fourth-order valence-corrected chi connectivity index (χ4v) is 2.39. The summed E-state index contributed by atoms with van der Waals surface area (Å²) in [4.78, 5) is 23.7. The van der Waals surface area contributed by atoms with Gasteiger partial charge in [0.1, 0.15) is 5.54 Å². The van der Waals surface area contributed by atoms with Gasteiger partial charge in [0.25, 0.3) is 5.91 Å². The van der Waals surface area contributed by atoms with Gasteiger partial charge in [-0.25, -0.2) is 4.79 Å². The van der Waals surface area contributed by atoms with Gasteiger partial charge in [0, 0.05) is 18.0 Å². The van der Waals surface area contributed by atoms with E-state index in [1.807, 2.05) is 31.3 Å². The number of carbonyl (C=O) groups is 2. The Labute approximate surface area is 135 Å². The lowest BCUT2D eigenvalue weighted by Crippen LogP contribution is -2.52. The first-order chi connectivity index (χ1) is 10.9. The molecule has 2 rings (SSSR count). The molecule has 1 aromatic heterocycles. The van der Waals surface area contributed by atoms with E-state index in [1.54, 1.807) is 23.0 Å². The van der Waals surface area contributed by atoms with Gasteiger partial charge in [-0.05, 0) is 37.1 Å². The molecule has 0 saturated carbocycles. The van der Waals surface area contributed by atoms with Gasteiger partial charge in [-0.1, -0.05) is 25.5 Å². The van der Waals surface area contributed by atoms with E-state index in [1.165, 1.54) is 6.92 Å². The highest BCUT2D eigenvalue weighted by Gasteiger charge is 2.33. The Morgan fingerprint density at radius 1 is 1.30 bits per heavy atom. The van der Waals surface area contributed by atoms with Gasteiger partial charge in [-0.3, -0.25) is 9.48 Å². The summed E-state index contributed by atoms with van der Waals surface area (Å²) in [6, 6.07) is 8.93. The van der Waals surface area contributed by atoms with Crippen molar-refractivity contribution in [3.05, 3.63) is 53.9 Å². The molecule has 0 aliphatic rings. The molecule has 0 aliphatic heterocycles. The molecule has 2 N–H and O–H groups in total. The van der Waals surface area contributed by atoms with Crippen LogP contribution in [0.25, 0.3) is 0 Å². The average molecular weight is 315 g/mol. The molecule has 1 atom stereocenters. The second kappa shape index (κ2) is 7.09. The highest BCUT2D eigenvalue weighted by Crippen LogP contribution is 2.14. The third-order valence-electron chi connectivity index (χ3n) is 3.73. The Hall–Kier alpha value is -2.63. The van der Waals surface area contributed by atoms with E-state index < -0.39 is 11.5 Å². The van der Waals surface area contributed by atoms with Gasteiger partial charge >= 0.3 is 5.97 Å². The first-order valence-corrected chi connectivity index (χ1v) is 7.57. The number of aliphatic carboxylic acids is 1. The van der Waals surface area contributed by atoms with E-state index in [9.17, 15) is 14.7 Å². The number of benzene rings is 1. The van der Waals surface area contributed by atoms with Crippen LogP contribution in [-0.2, 0) is 11.3 Å². The third-order valence-corrected chi connectivity index (χ3v) is 3.73. The molecule has 6 heteroatoms. The number of carboxylic acid groups (broad SMARTS) is 1. The van der Waals surface area contributed by atoms with Gasteiger partial charge in [0.2, 0.25) is 0 Å². The Morgan fingerprint density at radius 3 is 2.52 bits per heavy atom. The minimum absolute atomic E-state index is 0.380. The Kier molecular flexibility index (Phi) is 5.16. The summed E-state index contributed by atoms with van der Waals surface area (Å²) in [6.07, 6.45) is 4.63. The van der Waals surface area contributed by atoms with E-state index in [0.717, 1.165) is 5.56 Å². The number of amides is 1. The van der Waals surface area contributed by atoms with Crippen molar-refractivity contribution in [2.45, 2.75) is 38.8 Å². The molecule has 1 amide bonds. The van der Waals surface area contributed by atoms with Crippen LogP contribution < -0.4 is 5.32 Å². The molecule has 0 aliphatic carbocycles. The SMILES string of the molecule is CCCC(C)(NC(=O)c1ccc(Cn2cccn2)cc1)C(=O)O. The molecule has 1 aromatic carbocycles. The van der Waals surface area contributed by atoms with Crippen LogP contribution in [0.3, 0.4) is 0 Å². The summed E-state index contributed by atoms with van der Waals surface area (Å²) in [5, 5.41) is 16.1. The molecule has 0 radical (unpaired) electrons. The summed E-state index contributed by atoms with van der Waals surface area (Å²) >= 11 is 0. The van der Waals surface area contributed by atoms with Gasteiger partial charge < -0.3 is 10.4 Å². The summed E-state index contributed by atoms with van der Waals surface area (Å²) in [7, 11) is 0. The lowest BCUT2D eigenvalue weighted by Gasteiger charge is -2.25. The van der Waals surface area contributed by atoms with Gasteiger partial charge in [-0.15, -0.1) is 0 Å². The van der Waals surface area contributed by atoms with Crippen molar-refractivity contribution in [2.75, 3.05) is 0 Å². The summed E-state index contributed by atoms with van der Waals surface area (Å²) in [6.45, 7) is 4.04. The predicted molar refractivity (Wildman–Crippen MR) is 86.2 cm³/mol. The molecule has 6 nitrogen and oxygen atoms in total. The van der Waals surface area contributed by atoms with Crippen molar-refractivity contribution in [3.63, 3.8) is 0 Å². The topological polar surface area (TPSA) is 84.2 Å². The maximum absolute atomic E-state index is 12.3. The molecule has 0 saturated heterocycles. The van der Waals surface area contributed by atoms with Crippen LogP contribution in [0.4, 0.5) is 0 Å². The highest BCUT2D eigenvalue weighted by atomic mass is 16.4. The number of carbonyl (C=O) groups excluding carboxylic acids is 1. The normalized spacial score (nSPS) is 13.3. The fraction of sp³-hybridized carbons (Fsp3) is 0.353. The number of nitrogens with zero attached hydrogens (tertiary/aromatic N) is 2. The molecule has 0 fully saturated rings. The number of carboxylic acids is 1. The lowest BCUT2D eigenvalue weighted by atomic mass is 9.95. The third kappa shape index (κ3) is 4.18. The zero-order chi connectivity index (χ0) is 16.9. The zero-order valence-electron chi connectivity index (χ0n) is 13.3. The van der Waals surface area contributed by atoms with Crippen molar-refractivity contribution in [3.8, 4) is 0 Å². The molecule has 1 heterocycles. The number of hydrogen-bond donors (Lipinski definition) is 2. The van der Waals surface area contributed by atoms with Crippen LogP contribution >= 0.6 is 0 Å². The molecule has 23 heavy (non-hydrogen) atoms. The maximum Gasteiger partial charge on any atom is 0.329 e. The van der Waals surface area contributed by atoms with Crippen LogP contribution in [0.1, 0.15) is 42.6 Å². The quantitative estimate of drug-likeness (QED) is 0.821. The number of nitrogens with one attached hydrogen (secondary N) is 1. The number of rotatable bonds is 7. The minimum Gasteiger partial charge on any atom is -0.480 e. The molecular formula is C17H21N3O3. The molecule has 122 valence electrons. The van der Waals surface area contributed by atoms with E-state index in [-0.39, 0.29) is 5.91 Å². The first-order valence-electron chi connectivity index (χ1n) is 7.57. The molecule has 0 bridgehead atoms. The Bertz CT molecular complexity index is 665. The summed E-state index contributed by atoms with van der Waals surface area (Å²) < 4.78 is 1.79. The second-order valence-corrected chi connectivity index (χ2v) is 5.74. The Morgan fingerprint density at radius 2 is 2.00 bits per heavy atom. The van der Waals surface area contributed by atoms with Gasteiger partial charge in [0.15, 0.2) is 0 Å². The standard InChI is InChI=1S/C17H21N3O3/c1-3-9-17(2,16(22)23)19-15(21)14-7-5-13(6-8-14)12-20-11-4-10-18-20/h4-8,10-11H,3,9,12H2,1-2H3,(H,19,21)(H,22,23). The summed E-state index contributed by atoms with van der Waals surface area (Å²) in [5.41, 5.74) is 0.206. The zero-order valence-corrected chi connectivity index (χ0v) is 13.3. The average Bonchev–Trinajstić information content (AvgIpc) is 3.01. The van der Waals surface area contributed by atoms with Crippen molar-refractivity contribution < 1.29 is 14.7 Å². The smallest absolute Gasteiger partial charge is 0.329 e. The monoisotopic (exact) mass is 315 g/mol. The van der Waals surface area contributed by atoms with Crippen LogP contribution in [0.2, 0.25) is 0 Å². The first kappa shape index (κ1) is 16.7. The van der Waals surface area contributed by atoms with Crippen molar-refractivity contribution >= 4 is 11.9 Å². The number of hydrogen-bond acceptors (Lipinski definition) is 3. The van der Waals surface area contributed by atoms with Crippen LogP contribution in [0, 0.1) is 0 Å². The largest absolute Gasteiger partial charge is 0.480 e. The fourth-order valence-electron chi connectivity index (χ4n) is 2.39. The van der Waals surface area contributed by atoms with E-state index >= 15 is 0 Å². The van der Waals surface area contributed by atoms with E-state index in [2.05, 4.69) is 10.4 Å². The maximum atomic E-state index is 12.3. The van der Waals surface area contributed by atoms with E-state index in [0.29, 0.717) is 24.9 Å². The molecule has 2 aromatic rings. The van der Waals surface area contributed by atoms with Gasteiger partial charge in [-0.2, -0.15) is 5.10 Å². The highest BCUT2D eigenvalue weighted by molar-refractivity contribution is 5.97. The number of aromatic nitrogens is 2. The van der Waals surface area contributed by atoms with Crippen LogP contribution in [0.5, 0.6) is 0 Å². The van der Waals surface area contributed by atoms with E-state index in [4.69, 9.17) is 0 Å². The van der Waals surface area contributed by atoms with Crippen LogP contribution in [0.15, 0.2) is 42.7 Å². The second-order valence-electron chi connectivity index (χ2n) is 5.74. The minimum atomic E-state index is -1.25. The molecule has 1 unspecified atom stereocenters. The van der Waals surface area contributed by atoms with Crippen molar-refractivity contribution in [1.29, 1.82) is 0 Å². The Balaban J connectivity index is 2.06. The van der Waals surface area contributed by atoms with Gasteiger partial charge in [0.05, 0.1) is 6.54 Å². The van der Waals surface area contributed by atoms with Crippen LogP contribution in [-0.4, -0.2) is 32.3 Å². The predicted octanol–water partition coefficient (Wildman–Crippen LogP) is 2.30. The lowest BCUT2D eigenvalue weighted by molar-refractivity contribution is -0.144. The van der Waals surface area contributed by atoms with Crippen molar-refractivity contribution in [1.82, 2.24) is 15.1 Å². The summed E-state index contributed by atoms with van der Waals surface area (Å²) in [5.74, 6) is -1.41. The molecular weight excluding hydrogens is 294 g/mol.